The van der Waals surface area contributed by atoms with Crippen LogP contribution in [-0.4, -0.2) is 46.4 Å². The van der Waals surface area contributed by atoms with Gasteiger partial charge in [-0.05, 0) is 68.3 Å². The minimum absolute atomic E-state index is 0.145. The van der Waals surface area contributed by atoms with Crippen molar-refractivity contribution in [2.24, 2.45) is 7.05 Å². The van der Waals surface area contributed by atoms with Crippen molar-refractivity contribution in [3.63, 3.8) is 0 Å². The standard InChI is InChI=1S/C27H33N7O2/c1-19-23-14-13-22(18-24(23)32-34(19)3)33(2)25-15-17-29-27(31-25)30-21-11-9-20(10-12-21)28-16-7-5-6-8-26(35)36-4/h9-15,17-18,28H,5-8,16H2,1-4H3,(H,29,30,31). The van der Waals surface area contributed by atoms with Crippen LogP contribution in [0.25, 0.3) is 10.9 Å². The summed E-state index contributed by atoms with van der Waals surface area (Å²) >= 11 is 0. The van der Waals surface area contributed by atoms with Crippen LogP contribution in [-0.2, 0) is 16.6 Å². The summed E-state index contributed by atoms with van der Waals surface area (Å²) in [5.74, 6) is 1.17. The number of nitrogens with one attached hydrogen (secondary N) is 2. The predicted octanol–water partition coefficient (Wildman–Crippen LogP) is 5.33. The Hall–Kier alpha value is -4.14. The average molecular weight is 488 g/mol. The molecule has 188 valence electrons. The van der Waals surface area contributed by atoms with Gasteiger partial charge in [0, 0.05) is 61.4 Å². The van der Waals surface area contributed by atoms with Gasteiger partial charge in [0.15, 0.2) is 0 Å². The van der Waals surface area contributed by atoms with E-state index in [-0.39, 0.29) is 5.97 Å². The lowest BCUT2D eigenvalue weighted by molar-refractivity contribution is -0.140. The molecule has 0 fully saturated rings. The van der Waals surface area contributed by atoms with Crippen molar-refractivity contribution >= 4 is 45.7 Å². The number of hydrogen-bond acceptors (Lipinski definition) is 8. The third-order valence-corrected chi connectivity index (χ3v) is 6.24. The number of aryl methyl sites for hydroxylation is 2. The van der Waals surface area contributed by atoms with Gasteiger partial charge in [0.2, 0.25) is 5.95 Å². The summed E-state index contributed by atoms with van der Waals surface area (Å²) in [6.07, 6.45) is 5.07. The van der Waals surface area contributed by atoms with Crippen molar-refractivity contribution in [3.8, 4) is 0 Å². The number of unbranched alkanes of at least 4 members (excludes halogenated alkanes) is 2. The van der Waals surface area contributed by atoms with E-state index in [1.807, 2.05) is 54.0 Å². The molecule has 4 aromatic rings. The van der Waals surface area contributed by atoms with Gasteiger partial charge < -0.3 is 20.3 Å². The second kappa shape index (κ2) is 11.5. The smallest absolute Gasteiger partial charge is 0.305 e. The molecule has 2 heterocycles. The number of ether oxygens (including phenoxy) is 1. The van der Waals surface area contributed by atoms with Crippen LogP contribution in [0, 0.1) is 6.92 Å². The Kier molecular flexibility index (Phi) is 7.99. The lowest BCUT2D eigenvalue weighted by Crippen LogP contribution is -2.12. The average Bonchev–Trinajstić information content (AvgIpc) is 3.19. The second-order valence-electron chi connectivity index (χ2n) is 8.72. The van der Waals surface area contributed by atoms with Crippen molar-refractivity contribution in [1.82, 2.24) is 19.7 Å². The molecular weight excluding hydrogens is 454 g/mol. The molecule has 0 spiro atoms. The van der Waals surface area contributed by atoms with E-state index in [1.54, 1.807) is 6.20 Å². The minimum Gasteiger partial charge on any atom is -0.469 e. The van der Waals surface area contributed by atoms with Crippen LogP contribution in [0.2, 0.25) is 0 Å². The number of nitrogens with zero attached hydrogens (tertiary/aromatic N) is 5. The monoisotopic (exact) mass is 487 g/mol. The van der Waals surface area contributed by atoms with Gasteiger partial charge in [0.25, 0.3) is 0 Å². The Morgan fingerprint density at radius 3 is 2.61 bits per heavy atom. The van der Waals surface area contributed by atoms with E-state index in [2.05, 4.69) is 50.6 Å². The van der Waals surface area contributed by atoms with Gasteiger partial charge in [-0.1, -0.05) is 6.42 Å². The summed E-state index contributed by atoms with van der Waals surface area (Å²) in [5.41, 5.74) is 5.06. The number of aromatic nitrogens is 4. The fourth-order valence-corrected chi connectivity index (χ4v) is 3.96. The summed E-state index contributed by atoms with van der Waals surface area (Å²) in [4.78, 5) is 22.2. The van der Waals surface area contributed by atoms with E-state index >= 15 is 0 Å². The zero-order valence-electron chi connectivity index (χ0n) is 21.3. The second-order valence-corrected chi connectivity index (χ2v) is 8.72. The molecule has 2 aromatic heterocycles. The number of methoxy groups -OCH3 is 1. The van der Waals surface area contributed by atoms with Crippen LogP contribution < -0.4 is 15.5 Å². The highest BCUT2D eigenvalue weighted by Gasteiger charge is 2.11. The Morgan fingerprint density at radius 2 is 1.83 bits per heavy atom. The number of anilines is 5. The minimum atomic E-state index is -0.145. The maximum Gasteiger partial charge on any atom is 0.305 e. The first-order valence-corrected chi connectivity index (χ1v) is 12.1. The van der Waals surface area contributed by atoms with Crippen molar-refractivity contribution in [2.45, 2.75) is 32.6 Å². The third-order valence-electron chi connectivity index (χ3n) is 6.24. The maximum atomic E-state index is 11.1. The number of rotatable bonds is 11. The number of hydrogen-bond donors (Lipinski definition) is 2. The molecule has 0 atom stereocenters. The quantitative estimate of drug-likeness (QED) is 0.216. The molecule has 4 rings (SSSR count). The number of carbonyl (C=O) groups excluding carboxylic acids is 1. The van der Waals surface area contributed by atoms with Gasteiger partial charge in [-0.25, -0.2) is 4.98 Å². The lowest BCUT2D eigenvalue weighted by Gasteiger charge is -2.19. The molecular formula is C27H33N7O2. The number of benzene rings is 2. The van der Waals surface area contributed by atoms with E-state index in [1.165, 1.54) is 7.11 Å². The zero-order valence-corrected chi connectivity index (χ0v) is 21.3. The third kappa shape index (κ3) is 6.10. The molecule has 0 aliphatic heterocycles. The van der Waals surface area contributed by atoms with Crippen LogP contribution in [0.15, 0.2) is 54.7 Å². The highest BCUT2D eigenvalue weighted by Crippen LogP contribution is 2.27. The largest absolute Gasteiger partial charge is 0.469 e. The molecule has 0 saturated heterocycles. The van der Waals surface area contributed by atoms with Crippen LogP contribution in [0.3, 0.4) is 0 Å². The fourth-order valence-electron chi connectivity index (χ4n) is 3.96. The van der Waals surface area contributed by atoms with Gasteiger partial charge in [0.1, 0.15) is 5.82 Å². The summed E-state index contributed by atoms with van der Waals surface area (Å²) in [6.45, 7) is 2.93. The molecule has 36 heavy (non-hydrogen) atoms. The Bertz CT molecular complexity index is 1320. The molecule has 0 aliphatic rings. The van der Waals surface area contributed by atoms with Gasteiger partial charge in [0.05, 0.1) is 12.6 Å². The molecule has 9 heteroatoms. The molecule has 0 saturated carbocycles. The van der Waals surface area contributed by atoms with E-state index in [9.17, 15) is 4.79 Å². The van der Waals surface area contributed by atoms with Crippen molar-refractivity contribution in [2.75, 3.05) is 36.2 Å². The van der Waals surface area contributed by atoms with Crippen molar-refractivity contribution < 1.29 is 9.53 Å². The van der Waals surface area contributed by atoms with Gasteiger partial charge in [-0.15, -0.1) is 0 Å². The molecule has 0 bridgehead atoms. The highest BCUT2D eigenvalue weighted by atomic mass is 16.5. The first-order valence-electron chi connectivity index (χ1n) is 12.1. The normalized spacial score (nSPS) is 10.9. The van der Waals surface area contributed by atoms with Gasteiger partial charge in [-0.3, -0.25) is 9.48 Å². The predicted molar refractivity (Wildman–Crippen MR) is 144 cm³/mol. The van der Waals surface area contributed by atoms with Crippen molar-refractivity contribution in [1.29, 1.82) is 0 Å². The molecule has 0 amide bonds. The molecule has 2 N–H and O–H groups in total. The number of esters is 1. The summed E-state index contributed by atoms with van der Waals surface area (Å²) in [5, 5.41) is 12.4. The SMILES string of the molecule is COC(=O)CCCCCNc1ccc(Nc2nccc(N(C)c3ccc4c(C)n(C)nc4c3)n2)cc1. The lowest BCUT2D eigenvalue weighted by atomic mass is 10.2. The first-order chi connectivity index (χ1) is 17.4. The Balaban J connectivity index is 1.32. The number of carbonyl (C=O) groups is 1. The fraction of sp³-hybridized carbons (Fsp3) is 0.333. The Morgan fingerprint density at radius 1 is 1.06 bits per heavy atom. The van der Waals surface area contributed by atoms with Crippen LogP contribution in [0.5, 0.6) is 0 Å². The van der Waals surface area contributed by atoms with E-state index in [0.717, 1.165) is 65.3 Å². The zero-order chi connectivity index (χ0) is 25.5. The number of fused-ring (bicyclic) bond motifs is 1. The van der Waals surface area contributed by atoms with Gasteiger partial charge in [-0.2, -0.15) is 10.1 Å². The first kappa shape index (κ1) is 25.0. The molecule has 2 aromatic carbocycles. The molecule has 0 unspecified atom stereocenters. The topological polar surface area (TPSA) is 97.2 Å². The van der Waals surface area contributed by atoms with Crippen LogP contribution in [0.4, 0.5) is 28.8 Å². The van der Waals surface area contributed by atoms with E-state index < -0.39 is 0 Å². The van der Waals surface area contributed by atoms with Crippen molar-refractivity contribution in [3.05, 3.63) is 60.4 Å². The molecule has 0 radical (unpaired) electrons. The Labute approximate surface area is 211 Å². The van der Waals surface area contributed by atoms with Crippen LogP contribution in [0.1, 0.15) is 31.4 Å². The summed E-state index contributed by atoms with van der Waals surface area (Å²) in [7, 11) is 5.37. The highest BCUT2D eigenvalue weighted by molar-refractivity contribution is 5.85. The summed E-state index contributed by atoms with van der Waals surface area (Å²) in [6, 6.07) is 16.2. The van der Waals surface area contributed by atoms with E-state index in [4.69, 9.17) is 4.98 Å². The maximum absolute atomic E-state index is 11.1. The van der Waals surface area contributed by atoms with Crippen LogP contribution >= 0.6 is 0 Å². The summed E-state index contributed by atoms with van der Waals surface area (Å²) < 4.78 is 6.56. The van der Waals surface area contributed by atoms with Gasteiger partial charge >= 0.3 is 5.97 Å². The molecule has 9 nitrogen and oxygen atoms in total. The molecule has 0 aliphatic carbocycles. The van der Waals surface area contributed by atoms with E-state index in [0.29, 0.717) is 12.4 Å².